The zero-order chi connectivity index (χ0) is 51.3. The molecule has 0 N–H and O–H groups in total. The summed E-state index contributed by atoms with van der Waals surface area (Å²) in [7, 11) is 0. The highest BCUT2D eigenvalue weighted by atomic mass is 16.8. The minimum atomic E-state index is -1.18. The Morgan fingerprint density at radius 3 is 1.00 bits per heavy atom. The molecule has 2 saturated heterocycles. The molecular formula is C63H66O12. The van der Waals surface area contributed by atoms with Crippen molar-refractivity contribution in [2.45, 2.75) is 115 Å². The molecule has 0 aromatic heterocycles. The second-order valence-corrected chi connectivity index (χ2v) is 18.6. The zero-order valence-corrected chi connectivity index (χ0v) is 42.2. The first kappa shape index (κ1) is 53.4. The molecule has 10 atom stereocenters. The fraction of sp³-hybridized carbons (Fsp3) is 0.317. The summed E-state index contributed by atoms with van der Waals surface area (Å²) >= 11 is 0. The molecule has 2 heterocycles. The number of esters is 1. The third-order valence-corrected chi connectivity index (χ3v) is 13.0. The molecule has 7 aromatic rings. The van der Waals surface area contributed by atoms with Gasteiger partial charge in [-0.25, -0.2) is 0 Å². The smallest absolute Gasteiger partial charge is 0.303 e. The van der Waals surface area contributed by atoms with Crippen LogP contribution in [0.3, 0.4) is 0 Å². The van der Waals surface area contributed by atoms with E-state index in [1.54, 1.807) is 0 Å². The van der Waals surface area contributed by atoms with Gasteiger partial charge in [-0.05, 0) is 38.9 Å². The molecule has 12 heteroatoms. The summed E-state index contributed by atoms with van der Waals surface area (Å²) in [5, 5.41) is 0. The fourth-order valence-corrected chi connectivity index (χ4v) is 9.22. The molecule has 0 amide bonds. The molecule has 12 nitrogen and oxygen atoms in total. The van der Waals surface area contributed by atoms with Crippen LogP contribution >= 0.6 is 0 Å². The van der Waals surface area contributed by atoms with Gasteiger partial charge in [0.1, 0.15) is 42.7 Å². The van der Waals surface area contributed by atoms with Gasteiger partial charge in [0.2, 0.25) is 0 Å². The SMILES string of the molecule is CC(=O)OC1C(OCc2ccccc2)OC(COCc2ccccc2)C(OC2OC(COCc3ccccc3)C(OCc3ccccc3)C(OCc3ccccc3)C2OCc2ccccc2)C1OCc1ccccc1. The van der Waals surface area contributed by atoms with E-state index in [0.717, 1.165) is 38.9 Å². The summed E-state index contributed by atoms with van der Waals surface area (Å²) in [6.07, 6.45) is -9.51. The normalized spacial score (nSPS) is 23.6. The molecule has 7 aromatic carbocycles. The molecule has 0 aliphatic carbocycles. The molecule has 2 aliphatic heterocycles. The maximum absolute atomic E-state index is 13.3. The molecule has 2 fully saturated rings. The molecule has 390 valence electrons. The predicted molar refractivity (Wildman–Crippen MR) is 281 cm³/mol. The van der Waals surface area contributed by atoms with Crippen molar-refractivity contribution in [3.8, 4) is 0 Å². The number of hydrogen-bond acceptors (Lipinski definition) is 12. The number of benzene rings is 7. The minimum Gasteiger partial charge on any atom is -0.454 e. The van der Waals surface area contributed by atoms with Crippen molar-refractivity contribution < 1.29 is 56.9 Å². The second-order valence-electron chi connectivity index (χ2n) is 18.6. The topological polar surface area (TPSA) is 119 Å². The van der Waals surface area contributed by atoms with Crippen molar-refractivity contribution in [3.63, 3.8) is 0 Å². The van der Waals surface area contributed by atoms with Crippen LogP contribution < -0.4 is 0 Å². The van der Waals surface area contributed by atoms with Crippen LogP contribution in [0.5, 0.6) is 0 Å². The Bertz CT molecular complexity index is 2670. The van der Waals surface area contributed by atoms with Crippen LogP contribution in [-0.2, 0) is 103 Å². The van der Waals surface area contributed by atoms with Gasteiger partial charge in [-0.3, -0.25) is 4.79 Å². The van der Waals surface area contributed by atoms with Crippen LogP contribution in [-0.4, -0.2) is 80.6 Å². The molecule has 75 heavy (non-hydrogen) atoms. The van der Waals surface area contributed by atoms with Crippen LogP contribution in [0.4, 0.5) is 0 Å². The van der Waals surface area contributed by atoms with Gasteiger partial charge < -0.3 is 52.1 Å². The predicted octanol–water partition coefficient (Wildman–Crippen LogP) is 10.7. The summed E-state index contributed by atoms with van der Waals surface area (Å²) in [4.78, 5) is 13.3. The fourth-order valence-electron chi connectivity index (χ4n) is 9.22. The molecule has 0 radical (unpaired) electrons. The van der Waals surface area contributed by atoms with Crippen molar-refractivity contribution in [3.05, 3.63) is 251 Å². The van der Waals surface area contributed by atoms with Gasteiger partial charge in [0, 0.05) is 6.92 Å². The van der Waals surface area contributed by atoms with Crippen molar-refractivity contribution in [1.82, 2.24) is 0 Å². The minimum absolute atomic E-state index is 0.0331. The summed E-state index contributed by atoms with van der Waals surface area (Å²) in [5.41, 5.74) is 6.63. The average molecular weight is 1020 g/mol. The molecule has 0 saturated carbocycles. The van der Waals surface area contributed by atoms with E-state index in [-0.39, 0.29) is 52.9 Å². The Hall–Kier alpha value is -6.39. The third-order valence-electron chi connectivity index (χ3n) is 13.0. The molecule has 0 bridgehead atoms. The maximum Gasteiger partial charge on any atom is 0.303 e. The number of carbonyl (C=O) groups excluding carboxylic acids is 1. The largest absolute Gasteiger partial charge is 0.454 e. The van der Waals surface area contributed by atoms with Gasteiger partial charge in [0.25, 0.3) is 0 Å². The molecular weight excluding hydrogens is 949 g/mol. The standard InChI is InChI=1S/C63H66O12/c1-46(64)72-61-59(69-41-51-31-17-6-18-32-51)57(55(45-66-38-48-25-11-3-12-26-48)73-62(61)71-43-53-35-21-8-22-36-53)75-63-60(70-42-52-33-19-7-20-34-52)58(68-40-50-29-15-5-16-30-50)56(67-39-49-27-13-4-14-28-49)54(74-63)44-65-37-47-23-9-2-10-24-47/h2-36,54-63H,37-45H2,1H3. The Morgan fingerprint density at radius 1 is 0.333 bits per heavy atom. The van der Waals surface area contributed by atoms with E-state index < -0.39 is 67.4 Å². The van der Waals surface area contributed by atoms with E-state index in [2.05, 4.69) is 0 Å². The van der Waals surface area contributed by atoms with Crippen LogP contribution in [0, 0.1) is 0 Å². The van der Waals surface area contributed by atoms with Gasteiger partial charge in [-0.2, -0.15) is 0 Å². The van der Waals surface area contributed by atoms with Crippen LogP contribution in [0.15, 0.2) is 212 Å². The quantitative estimate of drug-likeness (QED) is 0.0481. The van der Waals surface area contributed by atoms with Crippen LogP contribution in [0.25, 0.3) is 0 Å². The first-order chi connectivity index (χ1) is 37.0. The lowest BCUT2D eigenvalue weighted by atomic mass is 9.95. The van der Waals surface area contributed by atoms with E-state index in [1.807, 2.05) is 212 Å². The molecule has 9 rings (SSSR count). The summed E-state index contributed by atoms with van der Waals surface area (Å²) in [6.45, 7) is 3.07. The van der Waals surface area contributed by atoms with Crippen molar-refractivity contribution in [1.29, 1.82) is 0 Å². The van der Waals surface area contributed by atoms with Gasteiger partial charge >= 0.3 is 5.97 Å². The molecule has 2 aliphatic rings. The summed E-state index contributed by atoms with van der Waals surface area (Å²) < 4.78 is 75.5. The number of ether oxygens (including phenoxy) is 11. The number of rotatable bonds is 26. The lowest BCUT2D eigenvalue weighted by Crippen LogP contribution is -2.66. The number of carbonyl (C=O) groups is 1. The first-order valence-electron chi connectivity index (χ1n) is 25.7. The lowest BCUT2D eigenvalue weighted by molar-refractivity contribution is -0.375. The Labute approximate surface area is 440 Å². The van der Waals surface area contributed by atoms with E-state index in [1.165, 1.54) is 6.92 Å². The molecule has 0 spiro atoms. The Balaban J connectivity index is 1.12. The van der Waals surface area contributed by atoms with E-state index >= 15 is 0 Å². The van der Waals surface area contributed by atoms with Crippen molar-refractivity contribution in [2.75, 3.05) is 13.2 Å². The monoisotopic (exact) mass is 1010 g/mol. The number of hydrogen-bond donors (Lipinski definition) is 0. The Kier molecular flexibility index (Phi) is 20.3. The van der Waals surface area contributed by atoms with Crippen molar-refractivity contribution >= 4 is 5.97 Å². The van der Waals surface area contributed by atoms with E-state index in [9.17, 15) is 4.79 Å². The van der Waals surface area contributed by atoms with Gasteiger partial charge in [0.15, 0.2) is 18.7 Å². The summed E-state index contributed by atoms with van der Waals surface area (Å²) in [6, 6.07) is 69.3. The van der Waals surface area contributed by atoms with E-state index in [0.29, 0.717) is 6.61 Å². The van der Waals surface area contributed by atoms with Crippen LogP contribution in [0.2, 0.25) is 0 Å². The van der Waals surface area contributed by atoms with Crippen LogP contribution in [0.1, 0.15) is 45.9 Å². The highest BCUT2D eigenvalue weighted by molar-refractivity contribution is 5.66. The zero-order valence-electron chi connectivity index (χ0n) is 42.2. The highest BCUT2D eigenvalue weighted by Gasteiger charge is 2.55. The maximum atomic E-state index is 13.3. The Morgan fingerprint density at radius 2 is 0.627 bits per heavy atom. The second kappa shape index (κ2) is 28.5. The highest BCUT2D eigenvalue weighted by Crippen LogP contribution is 2.37. The van der Waals surface area contributed by atoms with Gasteiger partial charge in [-0.15, -0.1) is 0 Å². The lowest BCUT2D eigenvalue weighted by Gasteiger charge is -2.50. The van der Waals surface area contributed by atoms with Crippen molar-refractivity contribution in [2.24, 2.45) is 0 Å². The van der Waals surface area contributed by atoms with E-state index in [4.69, 9.17) is 52.1 Å². The first-order valence-corrected chi connectivity index (χ1v) is 25.7. The third kappa shape index (κ3) is 16.1. The summed E-state index contributed by atoms with van der Waals surface area (Å²) in [5.74, 6) is -0.552. The van der Waals surface area contributed by atoms with Gasteiger partial charge in [-0.1, -0.05) is 212 Å². The molecule has 10 unspecified atom stereocenters. The average Bonchev–Trinajstić information content (AvgIpc) is 3.45. The van der Waals surface area contributed by atoms with Gasteiger partial charge in [0.05, 0.1) is 59.5 Å².